The quantitative estimate of drug-likeness (QED) is 0.832. The predicted molar refractivity (Wildman–Crippen MR) is 87.0 cm³/mol. The minimum Gasteiger partial charge on any atom is -0.341 e. The molecule has 1 aromatic rings. The first-order chi connectivity index (χ1) is 10.5. The highest BCUT2D eigenvalue weighted by molar-refractivity contribution is 5.81. The van der Waals surface area contributed by atoms with E-state index in [2.05, 4.69) is 0 Å². The first kappa shape index (κ1) is 16.9. The Hall–Kier alpha value is -1.42. The van der Waals surface area contributed by atoms with E-state index in [-0.39, 0.29) is 17.8 Å². The number of carbonyl (C=O) groups is 1. The van der Waals surface area contributed by atoms with Crippen LogP contribution in [0.3, 0.4) is 0 Å². The maximum atomic E-state index is 13.3. The van der Waals surface area contributed by atoms with Gasteiger partial charge in [0.15, 0.2) is 0 Å². The van der Waals surface area contributed by atoms with Gasteiger partial charge < -0.3 is 4.90 Å². The molecule has 1 amide bonds. The Kier molecular flexibility index (Phi) is 5.95. The second-order valence-corrected chi connectivity index (χ2v) is 6.46. The van der Waals surface area contributed by atoms with Crippen molar-refractivity contribution in [1.82, 2.24) is 9.80 Å². The molecule has 1 aliphatic rings. The summed E-state index contributed by atoms with van der Waals surface area (Å²) in [7, 11) is 3.84. The standard InChI is InChI=1S/C18H27FN2O/c1-14(18(22)21(3)17-10-5-4-6-11-17)20(2)13-15-8-7-9-16(19)12-15/h7-9,12,14,17H,4-6,10-11,13H2,1-3H3/t14-/m0/s1. The summed E-state index contributed by atoms with van der Waals surface area (Å²) in [6.07, 6.45) is 5.95. The van der Waals surface area contributed by atoms with E-state index in [1.807, 2.05) is 36.9 Å². The van der Waals surface area contributed by atoms with Crippen molar-refractivity contribution < 1.29 is 9.18 Å². The highest BCUT2D eigenvalue weighted by Gasteiger charge is 2.27. The lowest BCUT2D eigenvalue weighted by Crippen LogP contribution is -2.48. The number of rotatable bonds is 5. The summed E-state index contributed by atoms with van der Waals surface area (Å²) in [5.41, 5.74) is 0.891. The fourth-order valence-corrected chi connectivity index (χ4v) is 3.19. The lowest BCUT2D eigenvalue weighted by molar-refractivity contribution is -0.137. The number of hydrogen-bond acceptors (Lipinski definition) is 2. The van der Waals surface area contributed by atoms with E-state index in [9.17, 15) is 9.18 Å². The first-order valence-corrected chi connectivity index (χ1v) is 8.20. The van der Waals surface area contributed by atoms with E-state index in [0.29, 0.717) is 12.6 Å². The van der Waals surface area contributed by atoms with Crippen molar-refractivity contribution in [2.75, 3.05) is 14.1 Å². The van der Waals surface area contributed by atoms with E-state index in [4.69, 9.17) is 0 Å². The molecule has 1 aliphatic carbocycles. The summed E-state index contributed by atoms with van der Waals surface area (Å²) in [6, 6.07) is 6.75. The monoisotopic (exact) mass is 306 g/mol. The van der Waals surface area contributed by atoms with Gasteiger partial charge in [-0.05, 0) is 44.5 Å². The lowest BCUT2D eigenvalue weighted by atomic mass is 9.94. The van der Waals surface area contributed by atoms with Crippen LogP contribution in [0.5, 0.6) is 0 Å². The molecule has 0 heterocycles. The van der Waals surface area contributed by atoms with Crippen molar-refractivity contribution in [3.63, 3.8) is 0 Å². The average molecular weight is 306 g/mol. The van der Waals surface area contributed by atoms with Crippen LogP contribution in [0.15, 0.2) is 24.3 Å². The smallest absolute Gasteiger partial charge is 0.239 e. The molecule has 1 saturated carbocycles. The van der Waals surface area contributed by atoms with Gasteiger partial charge in [0.1, 0.15) is 5.82 Å². The molecule has 1 atom stereocenters. The molecular formula is C18H27FN2O. The minimum absolute atomic E-state index is 0.158. The van der Waals surface area contributed by atoms with Crippen molar-refractivity contribution >= 4 is 5.91 Å². The molecule has 122 valence electrons. The largest absolute Gasteiger partial charge is 0.341 e. The number of amides is 1. The van der Waals surface area contributed by atoms with Crippen molar-refractivity contribution in [3.05, 3.63) is 35.6 Å². The van der Waals surface area contributed by atoms with E-state index >= 15 is 0 Å². The molecule has 0 aromatic heterocycles. The molecule has 0 bridgehead atoms. The maximum absolute atomic E-state index is 13.3. The Balaban J connectivity index is 1.93. The number of carbonyl (C=O) groups excluding carboxylic acids is 1. The SMILES string of the molecule is C[C@@H](C(=O)N(C)C1CCCCC1)N(C)Cc1cccc(F)c1. The molecule has 4 heteroatoms. The first-order valence-electron chi connectivity index (χ1n) is 8.20. The van der Waals surface area contributed by atoms with Gasteiger partial charge in [-0.25, -0.2) is 4.39 Å². The van der Waals surface area contributed by atoms with Crippen molar-refractivity contribution in [2.45, 2.75) is 57.7 Å². The van der Waals surface area contributed by atoms with Crippen LogP contribution in [0.25, 0.3) is 0 Å². The molecular weight excluding hydrogens is 279 g/mol. The molecule has 1 fully saturated rings. The van der Waals surface area contributed by atoms with Gasteiger partial charge in [-0.15, -0.1) is 0 Å². The highest BCUT2D eigenvalue weighted by Crippen LogP contribution is 2.22. The van der Waals surface area contributed by atoms with Crippen molar-refractivity contribution in [2.24, 2.45) is 0 Å². The van der Waals surface area contributed by atoms with Gasteiger partial charge in [0.05, 0.1) is 6.04 Å². The van der Waals surface area contributed by atoms with Crippen LogP contribution in [0, 0.1) is 5.82 Å². The second kappa shape index (κ2) is 7.73. The van der Waals surface area contributed by atoms with Crippen LogP contribution in [-0.2, 0) is 11.3 Å². The third-order valence-electron chi connectivity index (χ3n) is 4.81. The average Bonchev–Trinajstić information content (AvgIpc) is 2.53. The van der Waals surface area contributed by atoms with Crippen molar-refractivity contribution in [3.8, 4) is 0 Å². The molecule has 1 aromatic carbocycles. The summed E-state index contributed by atoms with van der Waals surface area (Å²) in [6.45, 7) is 2.50. The Morgan fingerprint density at radius 2 is 1.95 bits per heavy atom. The Labute approximate surface area is 133 Å². The van der Waals surface area contributed by atoms with Crippen LogP contribution in [-0.4, -0.2) is 41.9 Å². The van der Waals surface area contributed by atoms with Crippen molar-refractivity contribution in [1.29, 1.82) is 0 Å². The zero-order valence-corrected chi connectivity index (χ0v) is 13.9. The van der Waals surface area contributed by atoms with E-state index in [0.717, 1.165) is 18.4 Å². The van der Waals surface area contributed by atoms with Crippen LogP contribution < -0.4 is 0 Å². The molecule has 0 radical (unpaired) electrons. The maximum Gasteiger partial charge on any atom is 0.239 e. The van der Waals surface area contributed by atoms with Gasteiger partial charge in [-0.2, -0.15) is 0 Å². The van der Waals surface area contributed by atoms with Gasteiger partial charge in [0, 0.05) is 19.6 Å². The van der Waals surface area contributed by atoms with Gasteiger partial charge in [0.25, 0.3) is 0 Å². The summed E-state index contributed by atoms with van der Waals surface area (Å²) in [5.74, 6) is -0.0741. The van der Waals surface area contributed by atoms with Gasteiger partial charge >= 0.3 is 0 Å². The topological polar surface area (TPSA) is 23.6 Å². The van der Waals surface area contributed by atoms with Gasteiger partial charge in [0.2, 0.25) is 5.91 Å². The Bertz CT molecular complexity index is 500. The Morgan fingerprint density at radius 3 is 2.59 bits per heavy atom. The van der Waals surface area contributed by atoms with E-state index in [1.54, 1.807) is 6.07 Å². The normalized spacial score (nSPS) is 17.5. The molecule has 22 heavy (non-hydrogen) atoms. The molecule has 0 aliphatic heterocycles. The number of nitrogens with zero attached hydrogens (tertiary/aromatic N) is 2. The highest BCUT2D eigenvalue weighted by atomic mass is 19.1. The third kappa shape index (κ3) is 4.29. The molecule has 0 unspecified atom stereocenters. The van der Waals surface area contributed by atoms with E-state index in [1.165, 1.54) is 31.4 Å². The molecule has 3 nitrogen and oxygen atoms in total. The molecule has 0 spiro atoms. The fraction of sp³-hybridized carbons (Fsp3) is 0.611. The van der Waals surface area contributed by atoms with Crippen LogP contribution >= 0.6 is 0 Å². The summed E-state index contributed by atoms with van der Waals surface area (Å²) < 4.78 is 13.3. The second-order valence-electron chi connectivity index (χ2n) is 6.46. The summed E-state index contributed by atoms with van der Waals surface area (Å²) in [4.78, 5) is 16.6. The zero-order chi connectivity index (χ0) is 16.1. The molecule has 0 saturated heterocycles. The predicted octanol–water partition coefficient (Wildman–Crippen LogP) is 3.44. The minimum atomic E-state index is -0.232. The van der Waals surface area contributed by atoms with Crippen LogP contribution in [0.4, 0.5) is 4.39 Å². The zero-order valence-electron chi connectivity index (χ0n) is 13.9. The summed E-state index contributed by atoms with van der Waals surface area (Å²) >= 11 is 0. The van der Waals surface area contributed by atoms with Crippen LogP contribution in [0.1, 0.15) is 44.6 Å². The Morgan fingerprint density at radius 1 is 1.27 bits per heavy atom. The lowest BCUT2D eigenvalue weighted by Gasteiger charge is -2.35. The fourth-order valence-electron chi connectivity index (χ4n) is 3.19. The van der Waals surface area contributed by atoms with Crippen LogP contribution in [0.2, 0.25) is 0 Å². The third-order valence-corrected chi connectivity index (χ3v) is 4.81. The number of benzene rings is 1. The molecule has 2 rings (SSSR count). The number of halogens is 1. The number of hydrogen-bond donors (Lipinski definition) is 0. The van der Waals surface area contributed by atoms with E-state index < -0.39 is 0 Å². The summed E-state index contributed by atoms with van der Waals surface area (Å²) in [5, 5.41) is 0. The molecule has 0 N–H and O–H groups in total. The number of likely N-dealkylation sites (N-methyl/N-ethyl adjacent to an activating group) is 2. The van der Waals surface area contributed by atoms with Gasteiger partial charge in [-0.1, -0.05) is 31.4 Å². The van der Waals surface area contributed by atoms with Gasteiger partial charge in [-0.3, -0.25) is 9.69 Å².